The summed E-state index contributed by atoms with van der Waals surface area (Å²) < 4.78 is 0. The number of hydrogen-bond acceptors (Lipinski definition) is 0. The third-order valence-electron chi connectivity index (χ3n) is 0. The molecule has 0 saturated heterocycles. The van der Waals surface area contributed by atoms with Crippen molar-refractivity contribution in [3.8, 4) is 0 Å². The first-order valence-corrected chi connectivity index (χ1v) is 11.0. The van der Waals surface area contributed by atoms with Crippen molar-refractivity contribution in [2.75, 3.05) is 0 Å². The zero-order valence-corrected chi connectivity index (χ0v) is 7.92. The van der Waals surface area contributed by atoms with Gasteiger partial charge in [0.1, 0.15) is 0 Å². The molecule has 0 aliphatic rings. The van der Waals surface area contributed by atoms with Crippen LogP contribution in [0.4, 0.5) is 0 Å². The van der Waals surface area contributed by atoms with E-state index in [0.717, 1.165) is 0 Å². The van der Waals surface area contributed by atoms with E-state index in [1.54, 1.807) is 0 Å². The van der Waals surface area contributed by atoms with E-state index >= 15 is 0 Å². The SMILES string of the molecule is [AlH3].[Cu].[MgH2].[SiH3][Zn]. The molecule has 1 radical (unpaired) electrons. The van der Waals surface area contributed by atoms with Crippen molar-refractivity contribution in [3.63, 3.8) is 0 Å². The van der Waals surface area contributed by atoms with E-state index in [9.17, 15) is 0 Å². The predicted octanol–water partition coefficient (Wildman–Crippen LogP) is -3.29. The maximum absolute atomic E-state index is 1.51. The molecular formula is H8AlCuMgSiZn. The molecule has 5 heteroatoms. The molecule has 0 aliphatic heterocycles. The molecule has 0 aromatic heterocycles. The average molecular weight is 216 g/mol. The van der Waals surface area contributed by atoms with Crippen LogP contribution in [0.3, 0.4) is 0 Å². The first kappa shape index (κ1) is 25.4. The van der Waals surface area contributed by atoms with E-state index in [-0.39, 0.29) is 57.5 Å². The van der Waals surface area contributed by atoms with Gasteiger partial charge in [-0.15, -0.1) is 0 Å². The zero-order chi connectivity index (χ0) is 2.00. The minimum absolute atomic E-state index is 0. The maximum atomic E-state index is 1.51. The van der Waals surface area contributed by atoms with Crippen LogP contribution in [0, 0.1) is 0 Å². The number of hydrogen-bond donors (Lipinski definition) is 0. The first-order chi connectivity index (χ1) is 1.00. The van der Waals surface area contributed by atoms with E-state index in [0.29, 0.717) is 0 Å². The summed E-state index contributed by atoms with van der Waals surface area (Å²) in [5, 5.41) is 0. The summed E-state index contributed by atoms with van der Waals surface area (Å²) >= 11 is 1.51. The summed E-state index contributed by atoms with van der Waals surface area (Å²) in [5.41, 5.74) is 0. The Morgan fingerprint density at radius 3 is 1.20 bits per heavy atom. The van der Waals surface area contributed by atoms with Gasteiger partial charge in [-0.05, 0) is 0 Å². The molecule has 0 rings (SSSR count). The van der Waals surface area contributed by atoms with Gasteiger partial charge in [0.25, 0.3) is 0 Å². The molecular weight excluding hydrogens is 208 g/mol. The van der Waals surface area contributed by atoms with Crippen LogP contribution in [-0.4, -0.2) is 48.9 Å². The zero-order valence-electron chi connectivity index (χ0n) is 2.01. The molecule has 0 nitrogen and oxygen atoms in total. The van der Waals surface area contributed by atoms with Crippen LogP contribution in [0.5, 0.6) is 0 Å². The van der Waals surface area contributed by atoms with Crippen LogP contribution < -0.4 is 0 Å². The number of rotatable bonds is 0. The Bertz CT molecular complexity index is 11.6. The molecule has 0 fully saturated rings. The second-order valence-electron chi connectivity index (χ2n) is 0. The third kappa shape index (κ3) is 20.4. The molecule has 0 spiro atoms. The Morgan fingerprint density at radius 1 is 1.20 bits per heavy atom. The van der Waals surface area contributed by atoms with Gasteiger partial charge < -0.3 is 0 Å². The van der Waals surface area contributed by atoms with Crippen molar-refractivity contribution in [2.45, 2.75) is 0 Å². The van der Waals surface area contributed by atoms with E-state index < -0.39 is 0 Å². The van der Waals surface area contributed by atoms with E-state index in [1.165, 1.54) is 26.1 Å². The van der Waals surface area contributed by atoms with Crippen LogP contribution in [0.2, 0.25) is 0 Å². The predicted molar refractivity (Wildman–Crippen MR) is 28.4 cm³/mol. The van der Waals surface area contributed by atoms with Gasteiger partial charge in [0, 0.05) is 17.1 Å². The summed E-state index contributed by atoms with van der Waals surface area (Å²) in [7, 11) is 1.43. The van der Waals surface area contributed by atoms with Crippen molar-refractivity contribution in [1.82, 2.24) is 0 Å². The first-order valence-electron chi connectivity index (χ1n) is 0.707. The fourth-order valence-electron chi connectivity index (χ4n) is 0. The quantitative estimate of drug-likeness (QED) is 0.373. The Hall–Kier alpha value is 2.66. The molecule has 30 valence electrons. The molecule has 0 aromatic carbocycles. The Balaban J connectivity index is -0.00000000167. The van der Waals surface area contributed by atoms with Gasteiger partial charge in [-0.3, -0.25) is 0 Å². The third-order valence-corrected chi connectivity index (χ3v) is 0. The second-order valence-corrected chi connectivity index (χ2v) is 0. The van der Waals surface area contributed by atoms with Gasteiger partial charge in [0.15, 0.2) is 17.4 Å². The standard InChI is InChI=1S/Al.Cu.Mg.H3Si.Zn.5H/h;;;1H3;;;;;;. The molecule has 0 aromatic rings. The van der Waals surface area contributed by atoms with Crippen LogP contribution in [0.25, 0.3) is 0 Å². The van der Waals surface area contributed by atoms with E-state index in [2.05, 4.69) is 0 Å². The van der Waals surface area contributed by atoms with Gasteiger partial charge in [-0.25, -0.2) is 0 Å². The average Bonchev–Trinajstić information content (AvgIpc) is 1.00. The van der Waals surface area contributed by atoms with Gasteiger partial charge in [0.05, 0.1) is 0 Å². The van der Waals surface area contributed by atoms with E-state index in [1.807, 2.05) is 0 Å². The Labute approximate surface area is 82.4 Å². The van der Waals surface area contributed by atoms with Crippen molar-refractivity contribution in [2.24, 2.45) is 0 Å². The van der Waals surface area contributed by atoms with Crippen LogP contribution in [-0.2, 0) is 34.7 Å². The fourth-order valence-corrected chi connectivity index (χ4v) is 0. The van der Waals surface area contributed by atoms with Crippen LogP contribution >= 0.6 is 0 Å². The summed E-state index contributed by atoms with van der Waals surface area (Å²) in [6.07, 6.45) is 0. The normalized spacial score (nSPS) is 2.00. The van der Waals surface area contributed by atoms with Crippen molar-refractivity contribution < 1.29 is 34.7 Å². The van der Waals surface area contributed by atoms with E-state index in [4.69, 9.17) is 0 Å². The van der Waals surface area contributed by atoms with Gasteiger partial charge in [0.2, 0.25) is 0 Å². The second kappa shape index (κ2) is 30.2. The van der Waals surface area contributed by atoms with Crippen LogP contribution in [0.15, 0.2) is 0 Å². The summed E-state index contributed by atoms with van der Waals surface area (Å²) in [5.74, 6) is 0. The molecule has 0 atom stereocenters. The van der Waals surface area contributed by atoms with Gasteiger partial charge in [-0.1, -0.05) is 0 Å². The van der Waals surface area contributed by atoms with Gasteiger partial charge >= 0.3 is 49.1 Å². The minimum atomic E-state index is 0. The van der Waals surface area contributed by atoms with Gasteiger partial charge in [-0.2, -0.15) is 0 Å². The monoisotopic (exact) mass is 214 g/mol. The molecule has 0 saturated carbocycles. The molecule has 0 N–H and O–H groups in total. The Kier molecular flexibility index (Phi) is 153. The Morgan fingerprint density at radius 2 is 1.20 bits per heavy atom. The fraction of sp³-hybridized carbons (Fsp3) is 0. The molecule has 0 unspecified atom stereocenters. The summed E-state index contributed by atoms with van der Waals surface area (Å²) in [6.45, 7) is 0. The van der Waals surface area contributed by atoms with Crippen molar-refractivity contribution in [1.29, 1.82) is 0 Å². The topological polar surface area (TPSA) is 0 Å². The molecule has 0 amide bonds. The molecule has 0 aliphatic carbocycles. The summed E-state index contributed by atoms with van der Waals surface area (Å²) in [4.78, 5) is 0. The molecule has 0 bridgehead atoms. The molecule has 5 heavy (non-hydrogen) atoms. The molecule has 0 heterocycles. The van der Waals surface area contributed by atoms with Crippen molar-refractivity contribution in [3.05, 3.63) is 0 Å². The van der Waals surface area contributed by atoms with Crippen molar-refractivity contribution >= 4 is 48.9 Å². The van der Waals surface area contributed by atoms with Crippen LogP contribution in [0.1, 0.15) is 0 Å². The summed E-state index contributed by atoms with van der Waals surface area (Å²) in [6, 6.07) is 0.